The number of benzene rings is 1. The first-order valence-electron chi connectivity index (χ1n) is 7.08. The Morgan fingerprint density at radius 3 is 2.55 bits per heavy atom. The van der Waals surface area contributed by atoms with Crippen LogP contribution in [0.5, 0.6) is 0 Å². The van der Waals surface area contributed by atoms with Crippen molar-refractivity contribution in [1.29, 1.82) is 0 Å². The first-order chi connectivity index (χ1) is 9.69. The number of thiol groups is 1. The standard InChI is InChI=1S/C15H25N3OS/c16-9-4-7-14(17)15(19)18(11-12-20)10-8-13-5-2-1-3-6-13/h1-3,5-6,14,20H,4,7-12,16-17H2/t14-/m1/s1. The van der Waals surface area contributed by atoms with E-state index in [1.54, 1.807) is 4.90 Å². The molecule has 0 aromatic heterocycles. The van der Waals surface area contributed by atoms with Crippen LogP contribution in [-0.2, 0) is 11.2 Å². The van der Waals surface area contributed by atoms with Crippen LogP contribution >= 0.6 is 12.6 Å². The molecule has 5 heteroatoms. The van der Waals surface area contributed by atoms with E-state index in [1.807, 2.05) is 18.2 Å². The highest BCUT2D eigenvalue weighted by molar-refractivity contribution is 7.80. The molecule has 0 saturated carbocycles. The summed E-state index contributed by atoms with van der Waals surface area (Å²) in [4.78, 5) is 14.1. The Morgan fingerprint density at radius 1 is 1.25 bits per heavy atom. The van der Waals surface area contributed by atoms with Crippen molar-refractivity contribution in [1.82, 2.24) is 4.90 Å². The van der Waals surface area contributed by atoms with Crippen LogP contribution in [0.25, 0.3) is 0 Å². The summed E-state index contributed by atoms with van der Waals surface area (Å²) < 4.78 is 0. The molecule has 1 atom stereocenters. The van der Waals surface area contributed by atoms with Crippen LogP contribution < -0.4 is 11.5 Å². The minimum atomic E-state index is -0.450. The number of hydrogen-bond acceptors (Lipinski definition) is 4. The smallest absolute Gasteiger partial charge is 0.239 e. The molecule has 0 heterocycles. The molecular weight excluding hydrogens is 270 g/mol. The lowest BCUT2D eigenvalue weighted by molar-refractivity contribution is -0.132. The highest BCUT2D eigenvalue weighted by Crippen LogP contribution is 2.05. The number of carbonyl (C=O) groups is 1. The van der Waals surface area contributed by atoms with E-state index >= 15 is 0 Å². The Bertz CT molecular complexity index is 386. The molecule has 1 amide bonds. The quantitative estimate of drug-likeness (QED) is 0.596. The Balaban J connectivity index is 2.52. The molecule has 0 bridgehead atoms. The minimum absolute atomic E-state index is 0.00318. The number of hydrogen-bond donors (Lipinski definition) is 3. The van der Waals surface area contributed by atoms with Gasteiger partial charge in [-0.15, -0.1) is 0 Å². The second kappa shape index (κ2) is 9.80. The van der Waals surface area contributed by atoms with E-state index in [2.05, 4.69) is 24.8 Å². The lowest BCUT2D eigenvalue weighted by Crippen LogP contribution is -2.45. The minimum Gasteiger partial charge on any atom is -0.340 e. The van der Waals surface area contributed by atoms with Gasteiger partial charge >= 0.3 is 0 Å². The molecule has 1 aromatic carbocycles. The lowest BCUT2D eigenvalue weighted by atomic mass is 10.1. The van der Waals surface area contributed by atoms with Gasteiger partial charge in [-0.05, 0) is 31.4 Å². The van der Waals surface area contributed by atoms with E-state index in [9.17, 15) is 4.79 Å². The monoisotopic (exact) mass is 295 g/mol. The van der Waals surface area contributed by atoms with Crippen molar-refractivity contribution in [2.45, 2.75) is 25.3 Å². The van der Waals surface area contributed by atoms with E-state index in [1.165, 1.54) is 5.56 Å². The van der Waals surface area contributed by atoms with Gasteiger partial charge in [0.1, 0.15) is 0 Å². The molecule has 0 unspecified atom stereocenters. The highest BCUT2D eigenvalue weighted by atomic mass is 32.1. The SMILES string of the molecule is NCCC[C@@H](N)C(=O)N(CCS)CCc1ccccc1. The van der Waals surface area contributed by atoms with Gasteiger partial charge in [0, 0.05) is 18.8 Å². The number of rotatable bonds is 9. The molecule has 0 aliphatic carbocycles. The summed E-state index contributed by atoms with van der Waals surface area (Å²) in [6, 6.07) is 9.69. The topological polar surface area (TPSA) is 72.3 Å². The van der Waals surface area contributed by atoms with Crippen molar-refractivity contribution in [3.05, 3.63) is 35.9 Å². The van der Waals surface area contributed by atoms with E-state index < -0.39 is 6.04 Å². The molecule has 4 nitrogen and oxygen atoms in total. The van der Waals surface area contributed by atoms with Gasteiger partial charge in [0.05, 0.1) is 6.04 Å². The van der Waals surface area contributed by atoms with E-state index in [0.29, 0.717) is 31.8 Å². The van der Waals surface area contributed by atoms with Crippen LogP contribution in [0.1, 0.15) is 18.4 Å². The van der Waals surface area contributed by atoms with Gasteiger partial charge in [0.2, 0.25) is 5.91 Å². The van der Waals surface area contributed by atoms with Gasteiger partial charge in [-0.3, -0.25) is 4.79 Å². The second-order valence-electron chi connectivity index (χ2n) is 4.82. The Labute approximate surface area is 126 Å². The van der Waals surface area contributed by atoms with Gasteiger partial charge in [-0.1, -0.05) is 30.3 Å². The van der Waals surface area contributed by atoms with Crippen molar-refractivity contribution in [3.63, 3.8) is 0 Å². The third-order valence-electron chi connectivity index (χ3n) is 3.23. The van der Waals surface area contributed by atoms with Gasteiger partial charge in [-0.25, -0.2) is 0 Å². The summed E-state index contributed by atoms with van der Waals surface area (Å²) in [5.74, 6) is 0.646. The van der Waals surface area contributed by atoms with Gasteiger partial charge < -0.3 is 16.4 Å². The third kappa shape index (κ3) is 5.94. The molecule has 4 N–H and O–H groups in total. The fourth-order valence-electron chi connectivity index (χ4n) is 2.06. The molecule has 0 fully saturated rings. The number of nitrogens with two attached hydrogens (primary N) is 2. The van der Waals surface area contributed by atoms with Crippen molar-refractivity contribution < 1.29 is 4.79 Å². The summed E-state index contributed by atoms with van der Waals surface area (Å²) in [6.07, 6.45) is 2.26. The van der Waals surface area contributed by atoms with Gasteiger partial charge in [0.25, 0.3) is 0 Å². The maximum Gasteiger partial charge on any atom is 0.239 e. The summed E-state index contributed by atoms with van der Waals surface area (Å²) in [6.45, 7) is 1.88. The molecule has 0 aliphatic heterocycles. The van der Waals surface area contributed by atoms with Crippen molar-refractivity contribution in [2.75, 3.05) is 25.4 Å². The van der Waals surface area contributed by atoms with Crippen molar-refractivity contribution >= 4 is 18.5 Å². The summed E-state index contributed by atoms with van der Waals surface area (Å²) in [5.41, 5.74) is 12.6. The van der Waals surface area contributed by atoms with Crippen LogP contribution in [0.15, 0.2) is 30.3 Å². The van der Waals surface area contributed by atoms with Crippen LogP contribution in [0.3, 0.4) is 0 Å². The molecule has 1 rings (SSSR count). The Hall–Kier alpha value is -1.04. The zero-order valence-electron chi connectivity index (χ0n) is 11.9. The summed E-state index contributed by atoms with van der Waals surface area (Å²) in [7, 11) is 0. The molecule has 112 valence electrons. The van der Waals surface area contributed by atoms with Gasteiger partial charge in [0.15, 0.2) is 0 Å². The summed E-state index contributed by atoms with van der Waals surface area (Å²) in [5, 5.41) is 0. The second-order valence-corrected chi connectivity index (χ2v) is 5.27. The number of carbonyl (C=O) groups excluding carboxylic acids is 1. The van der Waals surface area contributed by atoms with Crippen LogP contribution in [0, 0.1) is 0 Å². The molecule has 20 heavy (non-hydrogen) atoms. The zero-order valence-corrected chi connectivity index (χ0v) is 12.8. The Kier molecular flexibility index (Phi) is 8.34. The van der Waals surface area contributed by atoms with Crippen molar-refractivity contribution in [2.24, 2.45) is 11.5 Å². The third-order valence-corrected chi connectivity index (χ3v) is 3.43. The van der Waals surface area contributed by atoms with Gasteiger partial charge in [-0.2, -0.15) is 12.6 Å². The molecule has 0 saturated heterocycles. The van der Waals surface area contributed by atoms with E-state index in [-0.39, 0.29) is 5.91 Å². The maximum absolute atomic E-state index is 12.3. The van der Waals surface area contributed by atoms with E-state index in [4.69, 9.17) is 11.5 Å². The van der Waals surface area contributed by atoms with Crippen molar-refractivity contribution in [3.8, 4) is 0 Å². The Morgan fingerprint density at radius 2 is 1.95 bits per heavy atom. The average molecular weight is 295 g/mol. The molecule has 0 spiro atoms. The average Bonchev–Trinajstić information content (AvgIpc) is 2.49. The molecular formula is C15H25N3OS. The number of nitrogens with zero attached hydrogens (tertiary/aromatic N) is 1. The number of amides is 1. The van der Waals surface area contributed by atoms with Crippen LogP contribution in [0.4, 0.5) is 0 Å². The normalized spacial score (nSPS) is 12.2. The first-order valence-corrected chi connectivity index (χ1v) is 7.71. The fourth-order valence-corrected chi connectivity index (χ4v) is 2.30. The van der Waals surface area contributed by atoms with Crippen LogP contribution in [-0.4, -0.2) is 42.2 Å². The molecule has 0 radical (unpaired) electrons. The highest BCUT2D eigenvalue weighted by Gasteiger charge is 2.19. The van der Waals surface area contributed by atoms with Crippen LogP contribution in [0.2, 0.25) is 0 Å². The maximum atomic E-state index is 12.3. The fraction of sp³-hybridized carbons (Fsp3) is 0.533. The van der Waals surface area contributed by atoms with E-state index in [0.717, 1.165) is 12.8 Å². The lowest BCUT2D eigenvalue weighted by Gasteiger charge is -2.25. The summed E-state index contributed by atoms with van der Waals surface area (Å²) >= 11 is 4.22. The first kappa shape index (κ1) is 17.0. The predicted molar refractivity (Wildman–Crippen MR) is 86.8 cm³/mol. The largest absolute Gasteiger partial charge is 0.340 e. The zero-order chi connectivity index (χ0) is 14.8. The molecule has 0 aliphatic rings. The molecule has 1 aromatic rings. The predicted octanol–water partition coefficient (Wildman–Crippen LogP) is 1.05.